The van der Waals surface area contributed by atoms with Crippen LogP contribution >= 0.6 is 27.5 Å². The largest absolute Gasteiger partial charge is 0.287 e. The lowest BCUT2D eigenvalue weighted by molar-refractivity contribution is 0.103. The molecule has 6 heteroatoms. The highest BCUT2D eigenvalue weighted by Gasteiger charge is 2.20. The van der Waals surface area contributed by atoms with E-state index in [4.69, 9.17) is 0 Å². The van der Waals surface area contributed by atoms with E-state index in [0.29, 0.717) is 21.5 Å². The minimum atomic E-state index is -0.534. The molecule has 2 aromatic rings. The van der Waals surface area contributed by atoms with Crippen LogP contribution in [0, 0.1) is 5.82 Å². The Hall–Kier alpha value is -1.14. The third kappa shape index (κ3) is 2.42. The van der Waals surface area contributed by atoms with Crippen molar-refractivity contribution < 1.29 is 9.18 Å². The quantitative estimate of drug-likeness (QED) is 0.817. The topological polar surface area (TPSA) is 42.9 Å². The fourth-order valence-electron chi connectivity index (χ4n) is 1.41. The van der Waals surface area contributed by atoms with Crippen LogP contribution in [0.1, 0.15) is 27.9 Å². The summed E-state index contributed by atoms with van der Waals surface area (Å²) >= 11 is 4.22. The molecule has 2 rings (SSSR count). The van der Waals surface area contributed by atoms with Crippen molar-refractivity contribution in [1.29, 1.82) is 0 Å². The maximum absolute atomic E-state index is 13.6. The van der Waals surface area contributed by atoms with Crippen molar-refractivity contribution >= 4 is 33.2 Å². The van der Waals surface area contributed by atoms with Crippen LogP contribution in [0.25, 0.3) is 0 Å². The predicted molar refractivity (Wildman–Crippen MR) is 66.8 cm³/mol. The molecule has 1 aromatic heterocycles. The first kappa shape index (κ1) is 12.3. The standard InChI is InChI=1S/C11H8BrFN2OS/c1-2-9-11(17-15-14-9)10(16)7-5-6(12)3-4-8(7)13/h3-5H,2H2,1H3. The lowest BCUT2D eigenvalue weighted by Gasteiger charge is -2.02. The van der Waals surface area contributed by atoms with E-state index < -0.39 is 5.82 Å². The Kier molecular flexibility index (Phi) is 3.63. The van der Waals surface area contributed by atoms with Crippen molar-refractivity contribution in [2.75, 3.05) is 0 Å². The van der Waals surface area contributed by atoms with Crippen molar-refractivity contribution in [2.24, 2.45) is 0 Å². The third-order valence-corrected chi connectivity index (χ3v) is 3.53. The summed E-state index contributed by atoms with van der Waals surface area (Å²) in [4.78, 5) is 12.5. The molecule has 17 heavy (non-hydrogen) atoms. The normalized spacial score (nSPS) is 10.5. The van der Waals surface area contributed by atoms with Gasteiger partial charge in [0, 0.05) is 4.47 Å². The monoisotopic (exact) mass is 314 g/mol. The minimum Gasteiger partial charge on any atom is -0.287 e. The highest BCUT2D eigenvalue weighted by atomic mass is 79.9. The number of halogens is 2. The highest BCUT2D eigenvalue weighted by Crippen LogP contribution is 2.22. The van der Waals surface area contributed by atoms with Gasteiger partial charge in [0.1, 0.15) is 10.7 Å². The molecule has 0 amide bonds. The van der Waals surface area contributed by atoms with E-state index in [1.807, 2.05) is 6.92 Å². The van der Waals surface area contributed by atoms with Crippen LogP contribution in [-0.2, 0) is 6.42 Å². The van der Waals surface area contributed by atoms with Crippen LogP contribution in [0.2, 0.25) is 0 Å². The molecule has 1 heterocycles. The Bertz CT molecular complexity index is 570. The van der Waals surface area contributed by atoms with Gasteiger partial charge in [-0.1, -0.05) is 27.3 Å². The molecule has 0 saturated heterocycles. The average Bonchev–Trinajstić information content (AvgIpc) is 2.79. The first-order valence-electron chi connectivity index (χ1n) is 4.94. The summed E-state index contributed by atoms with van der Waals surface area (Å²) in [5.74, 6) is -0.899. The fraction of sp³-hybridized carbons (Fsp3) is 0.182. The number of carbonyl (C=O) groups excluding carboxylic acids is 1. The Labute approximate surface area is 110 Å². The Morgan fingerprint density at radius 3 is 3.00 bits per heavy atom. The molecule has 0 atom stereocenters. The molecule has 0 saturated carbocycles. The van der Waals surface area contributed by atoms with E-state index in [-0.39, 0.29) is 11.3 Å². The number of hydrogen-bond acceptors (Lipinski definition) is 4. The summed E-state index contributed by atoms with van der Waals surface area (Å²) in [5, 5.41) is 3.85. The SMILES string of the molecule is CCc1nnsc1C(=O)c1cc(Br)ccc1F. The third-order valence-electron chi connectivity index (χ3n) is 2.27. The van der Waals surface area contributed by atoms with Gasteiger partial charge in [0.2, 0.25) is 5.78 Å². The zero-order valence-corrected chi connectivity index (χ0v) is 11.3. The Balaban J connectivity index is 2.47. The number of rotatable bonds is 3. The van der Waals surface area contributed by atoms with Crippen molar-refractivity contribution in [1.82, 2.24) is 9.59 Å². The van der Waals surface area contributed by atoms with Crippen molar-refractivity contribution in [3.8, 4) is 0 Å². The maximum atomic E-state index is 13.6. The fourth-order valence-corrected chi connectivity index (χ4v) is 2.47. The summed E-state index contributed by atoms with van der Waals surface area (Å²) < 4.78 is 18.0. The summed E-state index contributed by atoms with van der Waals surface area (Å²) in [5.41, 5.74) is 0.652. The number of carbonyl (C=O) groups is 1. The van der Waals surface area contributed by atoms with Gasteiger partial charge < -0.3 is 0 Å². The van der Waals surface area contributed by atoms with Crippen LogP contribution in [0.3, 0.4) is 0 Å². The van der Waals surface area contributed by atoms with E-state index in [1.54, 1.807) is 6.07 Å². The maximum Gasteiger partial charge on any atom is 0.209 e. The van der Waals surface area contributed by atoms with Gasteiger partial charge in [-0.2, -0.15) is 0 Å². The second-order valence-electron chi connectivity index (χ2n) is 3.36. The van der Waals surface area contributed by atoms with Gasteiger partial charge >= 0.3 is 0 Å². The summed E-state index contributed by atoms with van der Waals surface area (Å²) in [6.07, 6.45) is 0.604. The molecule has 0 aliphatic heterocycles. The van der Waals surface area contributed by atoms with E-state index in [1.165, 1.54) is 12.1 Å². The second kappa shape index (κ2) is 5.01. The molecule has 0 N–H and O–H groups in total. The van der Waals surface area contributed by atoms with Gasteiger partial charge in [-0.05, 0) is 36.2 Å². The van der Waals surface area contributed by atoms with Gasteiger partial charge in [0.05, 0.1) is 11.3 Å². The molecule has 1 aromatic carbocycles. The van der Waals surface area contributed by atoms with Crippen LogP contribution in [0.4, 0.5) is 4.39 Å². The van der Waals surface area contributed by atoms with Gasteiger partial charge in [-0.15, -0.1) is 5.10 Å². The first-order valence-corrected chi connectivity index (χ1v) is 6.51. The number of nitrogens with zero attached hydrogens (tertiary/aromatic N) is 2. The number of ketones is 1. The number of benzene rings is 1. The predicted octanol–water partition coefficient (Wildman–Crippen LogP) is 3.23. The zero-order chi connectivity index (χ0) is 12.4. The van der Waals surface area contributed by atoms with Crippen molar-refractivity contribution in [3.05, 3.63) is 44.6 Å². The van der Waals surface area contributed by atoms with E-state index >= 15 is 0 Å². The van der Waals surface area contributed by atoms with Crippen LogP contribution in [0.15, 0.2) is 22.7 Å². The molecule has 0 unspecified atom stereocenters. The van der Waals surface area contributed by atoms with Crippen LogP contribution in [0.5, 0.6) is 0 Å². The molecule has 3 nitrogen and oxygen atoms in total. The summed E-state index contributed by atoms with van der Waals surface area (Å²) in [6.45, 7) is 1.88. The number of hydrogen-bond donors (Lipinski definition) is 0. The molecule has 0 aliphatic carbocycles. The van der Waals surface area contributed by atoms with Gasteiger partial charge in [0.25, 0.3) is 0 Å². The smallest absolute Gasteiger partial charge is 0.209 e. The molecule has 0 aliphatic rings. The number of aryl methyl sites for hydroxylation is 1. The van der Waals surface area contributed by atoms with Crippen LogP contribution in [-0.4, -0.2) is 15.4 Å². The van der Waals surface area contributed by atoms with Gasteiger partial charge in [-0.3, -0.25) is 4.79 Å². The molecule has 0 spiro atoms. The number of aromatic nitrogens is 2. The summed E-state index contributed by atoms with van der Waals surface area (Å²) in [6, 6.07) is 4.28. The molecule has 0 radical (unpaired) electrons. The van der Waals surface area contributed by atoms with Crippen molar-refractivity contribution in [3.63, 3.8) is 0 Å². The lowest BCUT2D eigenvalue weighted by Crippen LogP contribution is -2.05. The first-order chi connectivity index (χ1) is 8.13. The van der Waals surface area contributed by atoms with Gasteiger partial charge in [-0.25, -0.2) is 4.39 Å². The molecular weight excluding hydrogens is 307 g/mol. The van der Waals surface area contributed by atoms with E-state index in [0.717, 1.165) is 11.5 Å². The Morgan fingerprint density at radius 2 is 2.29 bits per heavy atom. The van der Waals surface area contributed by atoms with Crippen LogP contribution < -0.4 is 0 Å². The van der Waals surface area contributed by atoms with Crippen molar-refractivity contribution in [2.45, 2.75) is 13.3 Å². The zero-order valence-electron chi connectivity index (χ0n) is 8.91. The highest BCUT2D eigenvalue weighted by molar-refractivity contribution is 9.10. The second-order valence-corrected chi connectivity index (χ2v) is 5.03. The molecular formula is C11H8BrFN2OS. The molecule has 0 fully saturated rings. The molecule has 0 bridgehead atoms. The lowest BCUT2D eigenvalue weighted by atomic mass is 10.1. The van der Waals surface area contributed by atoms with E-state index in [2.05, 4.69) is 25.5 Å². The summed E-state index contributed by atoms with van der Waals surface area (Å²) in [7, 11) is 0. The average molecular weight is 315 g/mol. The van der Waals surface area contributed by atoms with E-state index in [9.17, 15) is 9.18 Å². The van der Waals surface area contributed by atoms with Gasteiger partial charge in [0.15, 0.2) is 0 Å². The Morgan fingerprint density at radius 1 is 1.53 bits per heavy atom. The molecule has 88 valence electrons. The minimum absolute atomic E-state index is 0.0418.